The lowest BCUT2D eigenvalue weighted by Gasteiger charge is -2.16. The van der Waals surface area contributed by atoms with Gasteiger partial charge < -0.3 is 14.9 Å². The van der Waals surface area contributed by atoms with Gasteiger partial charge in [-0.1, -0.05) is 12.1 Å². The number of aliphatic hydroxyl groups is 2. The molecule has 0 fully saturated rings. The minimum atomic E-state index is -5.04. The van der Waals surface area contributed by atoms with Gasteiger partial charge in [0.2, 0.25) is 10.0 Å². The van der Waals surface area contributed by atoms with Crippen LogP contribution in [0.5, 0.6) is 5.75 Å². The van der Waals surface area contributed by atoms with Crippen molar-refractivity contribution in [1.29, 1.82) is 0 Å². The van der Waals surface area contributed by atoms with Gasteiger partial charge in [0.05, 0.1) is 19.3 Å². The number of benzene rings is 1. The Bertz CT molecular complexity index is 542. The molecule has 0 atom stereocenters. The second kappa shape index (κ2) is 6.39. The molecule has 0 aliphatic heterocycles. The molecule has 0 aromatic heterocycles. The van der Waals surface area contributed by atoms with Crippen molar-refractivity contribution in [1.82, 2.24) is 4.72 Å². The largest absolute Gasteiger partial charge is 0.573 e. The Morgan fingerprint density at radius 3 is 2.25 bits per heavy atom. The minimum absolute atomic E-state index is 0.710. The smallest absolute Gasteiger partial charge is 0.404 e. The van der Waals surface area contributed by atoms with Gasteiger partial charge in [-0.3, -0.25) is 0 Å². The van der Waals surface area contributed by atoms with Crippen LogP contribution < -0.4 is 9.46 Å². The summed E-state index contributed by atoms with van der Waals surface area (Å²) in [4.78, 5) is -0.746. The molecule has 0 bridgehead atoms. The van der Waals surface area contributed by atoms with E-state index in [4.69, 9.17) is 10.2 Å². The number of rotatable bonds is 6. The van der Waals surface area contributed by atoms with Crippen LogP contribution in [0.4, 0.5) is 13.2 Å². The van der Waals surface area contributed by atoms with Crippen LogP contribution in [0.3, 0.4) is 0 Å². The van der Waals surface area contributed by atoms with Gasteiger partial charge in [-0.05, 0) is 12.1 Å². The highest BCUT2D eigenvalue weighted by atomic mass is 32.2. The molecule has 0 aliphatic rings. The highest BCUT2D eigenvalue weighted by molar-refractivity contribution is 7.89. The van der Waals surface area contributed by atoms with Crippen molar-refractivity contribution < 1.29 is 36.5 Å². The van der Waals surface area contributed by atoms with Crippen molar-refractivity contribution in [3.63, 3.8) is 0 Å². The molecule has 1 aromatic rings. The highest BCUT2D eigenvalue weighted by Crippen LogP contribution is 2.29. The average molecular weight is 315 g/mol. The van der Waals surface area contributed by atoms with Gasteiger partial charge in [0.15, 0.2) is 0 Å². The third kappa shape index (κ3) is 4.63. The second-order valence-electron chi connectivity index (χ2n) is 3.68. The van der Waals surface area contributed by atoms with Crippen LogP contribution in [0.25, 0.3) is 0 Å². The lowest BCUT2D eigenvalue weighted by molar-refractivity contribution is -0.275. The maximum Gasteiger partial charge on any atom is 0.573 e. The molecule has 0 saturated heterocycles. The summed E-state index contributed by atoms with van der Waals surface area (Å²) in [7, 11) is -4.38. The van der Waals surface area contributed by atoms with Gasteiger partial charge in [-0.25, -0.2) is 13.1 Å². The van der Waals surface area contributed by atoms with Gasteiger partial charge in [-0.15, -0.1) is 13.2 Å². The molecule has 0 unspecified atom stereocenters. The molecule has 0 amide bonds. The first kappa shape index (κ1) is 16.7. The topological polar surface area (TPSA) is 95.9 Å². The monoisotopic (exact) mass is 315 g/mol. The molecular weight excluding hydrogens is 303 g/mol. The number of alkyl halides is 3. The van der Waals surface area contributed by atoms with E-state index in [2.05, 4.69) is 4.74 Å². The Morgan fingerprint density at radius 1 is 1.20 bits per heavy atom. The Labute approximate surface area is 112 Å². The van der Waals surface area contributed by atoms with Gasteiger partial charge in [-0.2, -0.15) is 0 Å². The lowest BCUT2D eigenvalue weighted by Crippen LogP contribution is -2.40. The van der Waals surface area contributed by atoms with E-state index in [0.29, 0.717) is 0 Å². The van der Waals surface area contributed by atoms with Crippen LogP contribution in [0.15, 0.2) is 29.2 Å². The van der Waals surface area contributed by atoms with E-state index in [1.165, 1.54) is 12.1 Å². The Balaban J connectivity index is 3.12. The van der Waals surface area contributed by atoms with Crippen molar-refractivity contribution in [2.75, 3.05) is 13.2 Å². The summed E-state index contributed by atoms with van der Waals surface area (Å²) in [5.41, 5.74) is 0. The minimum Gasteiger partial charge on any atom is -0.404 e. The van der Waals surface area contributed by atoms with E-state index in [0.717, 1.165) is 12.1 Å². The first-order valence-electron chi connectivity index (χ1n) is 5.28. The standard InChI is InChI=1S/C10H12F3NO5S/c11-10(12,13)19-8-3-1-2-4-9(8)20(17,18)14-7(5-15)6-16/h1-4,7,14-16H,5-6H2. The molecule has 0 saturated carbocycles. The lowest BCUT2D eigenvalue weighted by atomic mass is 10.3. The highest BCUT2D eigenvalue weighted by Gasteiger charge is 2.34. The molecule has 10 heteroatoms. The Hall–Kier alpha value is -1.36. The van der Waals surface area contributed by atoms with Crippen LogP contribution in [-0.4, -0.2) is 44.2 Å². The fourth-order valence-electron chi connectivity index (χ4n) is 1.30. The zero-order valence-corrected chi connectivity index (χ0v) is 10.8. The summed E-state index contributed by atoms with van der Waals surface area (Å²) in [6, 6.07) is 2.92. The molecule has 1 rings (SSSR count). The van der Waals surface area contributed by atoms with Crippen molar-refractivity contribution in [2.24, 2.45) is 0 Å². The van der Waals surface area contributed by atoms with E-state index in [1.807, 2.05) is 4.72 Å². The SMILES string of the molecule is O=S(=O)(NC(CO)CO)c1ccccc1OC(F)(F)F. The Morgan fingerprint density at radius 2 is 1.75 bits per heavy atom. The van der Waals surface area contributed by atoms with E-state index in [9.17, 15) is 21.6 Å². The van der Waals surface area contributed by atoms with Gasteiger partial charge in [0.25, 0.3) is 0 Å². The molecule has 0 radical (unpaired) electrons. The fraction of sp³-hybridized carbons (Fsp3) is 0.400. The number of para-hydroxylation sites is 1. The molecule has 0 heterocycles. The Kier molecular flexibility index (Phi) is 5.34. The van der Waals surface area contributed by atoms with Gasteiger partial charge in [0.1, 0.15) is 10.6 Å². The van der Waals surface area contributed by atoms with E-state index >= 15 is 0 Å². The maximum atomic E-state index is 12.2. The van der Waals surface area contributed by atoms with Crippen LogP contribution in [-0.2, 0) is 10.0 Å². The number of hydrogen-bond acceptors (Lipinski definition) is 5. The second-order valence-corrected chi connectivity index (χ2v) is 5.36. The van der Waals surface area contributed by atoms with E-state index in [-0.39, 0.29) is 0 Å². The van der Waals surface area contributed by atoms with Crippen LogP contribution >= 0.6 is 0 Å². The van der Waals surface area contributed by atoms with E-state index < -0.39 is 46.3 Å². The fourth-order valence-corrected chi connectivity index (χ4v) is 2.64. The maximum absolute atomic E-state index is 12.2. The quantitative estimate of drug-likeness (QED) is 0.698. The molecule has 20 heavy (non-hydrogen) atoms. The summed E-state index contributed by atoms with van der Waals surface area (Å²) < 4.78 is 65.8. The third-order valence-electron chi connectivity index (χ3n) is 2.13. The summed E-state index contributed by atoms with van der Waals surface area (Å²) in [5, 5.41) is 17.6. The van der Waals surface area contributed by atoms with Crippen molar-refractivity contribution in [3.8, 4) is 5.75 Å². The van der Waals surface area contributed by atoms with Crippen molar-refractivity contribution in [3.05, 3.63) is 24.3 Å². The molecule has 6 nitrogen and oxygen atoms in total. The van der Waals surface area contributed by atoms with Crippen LogP contribution in [0.2, 0.25) is 0 Å². The summed E-state index contributed by atoms with van der Waals surface area (Å²) in [6.45, 7) is -1.42. The normalized spacial score (nSPS) is 12.7. The predicted molar refractivity (Wildman–Crippen MR) is 61.4 cm³/mol. The molecule has 0 spiro atoms. The third-order valence-corrected chi connectivity index (χ3v) is 3.69. The molecule has 1 aromatic carbocycles. The number of nitrogens with one attached hydrogen (secondary N) is 1. The van der Waals surface area contributed by atoms with Crippen LogP contribution in [0.1, 0.15) is 0 Å². The summed E-state index contributed by atoms with van der Waals surface area (Å²) in [6.07, 6.45) is -5.04. The van der Waals surface area contributed by atoms with Gasteiger partial charge >= 0.3 is 6.36 Å². The number of ether oxygens (including phenoxy) is 1. The molecule has 0 aliphatic carbocycles. The first-order chi connectivity index (χ1) is 9.19. The molecule has 114 valence electrons. The molecular formula is C10H12F3NO5S. The number of sulfonamides is 1. The number of aliphatic hydroxyl groups excluding tert-OH is 2. The van der Waals surface area contributed by atoms with Crippen LogP contribution in [0, 0.1) is 0 Å². The summed E-state index contributed by atoms with van der Waals surface area (Å²) >= 11 is 0. The zero-order valence-electron chi connectivity index (χ0n) is 9.96. The predicted octanol–water partition coefficient (Wildman–Crippen LogP) is 0.217. The summed E-state index contributed by atoms with van der Waals surface area (Å²) in [5.74, 6) is -0.901. The first-order valence-corrected chi connectivity index (χ1v) is 6.76. The number of halogens is 3. The number of hydrogen-bond donors (Lipinski definition) is 3. The molecule has 3 N–H and O–H groups in total. The average Bonchev–Trinajstić information content (AvgIpc) is 2.34. The van der Waals surface area contributed by atoms with Crippen molar-refractivity contribution >= 4 is 10.0 Å². The van der Waals surface area contributed by atoms with Crippen molar-refractivity contribution in [2.45, 2.75) is 17.3 Å². The van der Waals surface area contributed by atoms with E-state index in [1.54, 1.807) is 0 Å². The van der Waals surface area contributed by atoms with Gasteiger partial charge in [0, 0.05) is 0 Å². The zero-order chi connectivity index (χ0) is 15.4.